The molecule has 1 aliphatic rings. The van der Waals surface area contributed by atoms with Crippen molar-refractivity contribution in [3.05, 3.63) is 64.2 Å². The van der Waals surface area contributed by atoms with Gasteiger partial charge < -0.3 is 4.74 Å². The molecule has 0 bridgehead atoms. The van der Waals surface area contributed by atoms with E-state index in [9.17, 15) is 13.6 Å². The standard InChI is InChI=1S/C21H14F2O2/c1-3-4-5-6-14-9-10-15(12-18(14)22)17-11-16-8-7-13(2)19(23)20(16)25-21(17)24/h7-10,12,17H,11H2,1-2H3. The summed E-state index contributed by atoms with van der Waals surface area (Å²) in [6.07, 6.45) is 0.261. The summed E-state index contributed by atoms with van der Waals surface area (Å²) >= 11 is 0. The first-order valence-electron chi connectivity index (χ1n) is 7.73. The van der Waals surface area contributed by atoms with Crippen molar-refractivity contribution in [3.63, 3.8) is 0 Å². The molecule has 1 unspecified atom stereocenters. The Morgan fingerprint density at radius 3 is 2.68 bits per heavy atom. The summed E-state index contributed by atoms with van der Waals surface area (Å²) in [4.78, 5) is 12.3. The van der Waals surface area contributed by atoms with Gasteiger partial charge in [-0.15, -0.1) is 0 Å². The van der Waals surface area contributed by atoms with E-state index in [1.54, 1.807) is 32.0 Å². The van der Waals surface area contributed by atoms with E-state index in [1.165, 1.54) is 12.1 Å². The van der Waals surface area contributed by atoms with Gasteiger partial charge in [-0.1, -0.05) is 24.1 Å². The predicted octanol–water partition coefficient (Wildman–Crippen LogP) is 3.89. The quantitative estimate of drug-likeness (QED) is 0.449. The zero-order valence-corrected chi connectivity index (χ0v) is 13.7. The average molecular weight is 336 g/mol. The Bertz CT molecular complexity index is 985. The number of halogens is 2. The van der Waals surface area contributed by atoms with E-state index in [2.05, 4.69) is 23.7 Å². The first-order valence-corrected chi connectivity index (χ1v) is 7.73. The van der Waals surface area contributed by atoms with Crippen LogP contribution >= 0.6 is 0 Å². The lowest BCUT2D eigenvalue weighted by Gasteiger charge is -2.24. The van der Waals surface area contributed by atoms with Crippen LogP contribution in [0.4, 0.5) is 8.78 Å². The van der Waals surface area contributed by atoms with Gasteiger partial charge in [0.1, 0.15) is 5.82 Å². The molecule has 0 aliphatic carbocycles. The minimum atomic E-state index is -0.679. The second-order valence-corrected chi connectivity index (χ2v) is 5.73. The molecule has 3 rings (SSSR count). The molecular weight excluding hydrogens is 322 g/mol. The van der Waals surface area contributed by atoms with Gasteiger partial charge in [0.25, 0.3) is 0 Å². The van der Waals surface area contributed by atoms with E-state index < -0.39 is 23.5 Å². The lowest BCUT2D eigenvalue weighted by molar-refractivity contribution is -0.137. The Hall–Kier alpha value is -3.11. The van der Waals surface area contributed by atoms with Gasteiger partial charge in [0.15, 0.2) is 11.6 Å². The molecule has 2 aromatic rings. The number of carbonyl (C=O) groups excluding carboxylic acids is 1. The number of fused-ring (bicyclic) bond motifs is 1. The molecule has 124 valence electrons. The Kier molecular flexibility index (Phi) is 4.55. The van der Waals surface area contributed by atoms with Gasteiger partial charge in [-0.2, -0.15) is 0 Å². The molecule has 0 radical (unpaired) electrons. The van der Waals surface area contributed by atoms with Crippen LogP contribution in [0.25, 0.3) is 0 Å². The van der Waals surface area contributed by atoms with Crippen LogP contribution in [-0.2, 0) is 11.2 Å². The SMILES string of the molecule is CC#CC#Cc1ccc(C2Cc3ccc(C)c(F)c3OC2=O)cc1F. The molecule has 0 saturated heterocycles. The third kappa shape index (κ3) is 3.25. The molecule has 0 fully saturated rings. The van der Waals surface area contributed by atoms with Crippen molar-refractivity contribution in [2.45, 2.75) is 26.2 Å². The highest BCUT2D eigenvalue weighted by Crippen LogP contribution is 2.36. The molecule has 1 heterocycles. The zero-order chi connectivity index (χ0) is 18.0. The maximum Gasteiger partial charge on any atom is 0.319 e. The summed E-state index contributed by atoms with van der Waals surface area (Å²) in [7, 11) is 0. The number of hydrogen-bond acceptors (Lipinski definition) is 2. The highest BCUT2D eigenvalue weighted by molar-refractivity contribution is 5.83. The molecule has 2 nitrogen and oxygen atoms in total. The van der Waals surface area contributed by atoms with Gasteiger partial charge >= 0.3 is 5.97 Å². The highest BCUT2D eigenvalue weighted by atomic mass is 19.1. The van der Waals surface area contributed by atoms with Crippen LogP contribution in [0.3, 0.4) is 0 Å². The van der Waals surface area contributed by atoms with Crippen LogP contribution in [0, 0.1) is 42.2 Å². The molecule has 0 spiro atoms. The van der Waals surface area contributed by atoms with Gasteiger partial charge in [-0.25, -0.2) is 8.78 Å². The fourth-order valence-corrected chi connectivity index (χ4v) is 2.71. The smallest absolute Gasteiger partial charge is 0.319 e. The Morgan fingerprint density at radius 1 is 1.16 bits per heavy atom. The molecule has 1 aliphatic heterocycles. The predicted molar refractivity (Wildman–Crippen MR) is 89.9 cm³/mol. The fourth-order valence-electron chi connectivity index (χ4n) is 2.71. The van der Waals surface area contributed by atoms with E-state index >= 15 is 0 Å². The summed E-state index contributed by atoms with van der Waals surface area (Å²) in [5.41, 5.74) is 1.68. The third-order valence-electron chi connectivity index (χ3n) is 4.06. The van der Waals surface area contributed by atoms with E-state index in [-0.39, 0.29) is 17.7 Å². The second kappa shape index (κ2) is 6.79. The Labute approximate surface area is 144 Å². The average Bonchev–Trinajstić information content (AvgIpc) is 2.60. The summed E-state index contributed by atoms with van der Waals surface area (Å²) in [6, 6.07) is 7.78. The Morgan fingerprint density at radius 2 is 1.96 bits per heavy atom. The summed E-state index contributed by atoms with van der Waals surface area (Å²) in [5.74, 6) is 7.95. The number of ether oxygens (including phenoxy) is 1. The van der Waals surface area contributed by atoms with E-state index in [4.69, 9.17) is 4.74 Å². The monoisotopic (exact) mass is 336 g/mol. The second-order valence-electron chi connectivity index (χ2n) is 5.73. The van der Waals surface area contributed by atoms with Crippen molar-refractivity contribution in [2.75, 3.05) is 0 Å². The number of rotatable bonds is 1. The number of carbonyl (C=O) groups is 1. The molecule has 0 saturated carbocycles. The van der Waals surface area contributed by atoms with Gasteiger partial charge in [0, 0.05) is 0 Å². The minimum absolute atomic E-state index is 0.0256. The van der Waals surface area contributed by atoms with Gasteiger partial charge in [-0.05, 0) is 66.9 Å². The van der Waals surface area contributed by atoms with Crippen molar-refractivity contribution in [1.82, 2.24) is 0 Å². The lowest BCUT2D eigenvalue weighted by atomic mass is 9.88. The number of benzene rings is 2. The van der Waals surface area contributed by atoms with Crippen molar-refractivity contribution in [2.24, 2.45) is 0 Å². The molecule has 4 heteroatoms. The summed E-state index contributed by atoms with van der Waals surface area (Å²) < 4.78 is 33.5. The minimum Gasteiger partial charge on any atom is -0.423 e. The van der Waals surface area contributed by atoms with Crippen LogP contribution in [0.5, 0.6) is 5.75 Å². The van der Waals surface area contributed by atoms with Crippen LogP contribution in [0.1, 0.15) is 35.1 Å². The van der Waals surface area contributed by atoms with Crippen molar-refractivity contribution in [3.8, 4) is 29.4 Å². The van der Waals surface area contributed by atoms with Gasteiger partial charge in [0.2, 0.25) is 0 Å². The topological polar surface area (TPSA) is 26.3 Å². The molecule has 0 aromatic heterocycles. The number of aryl methyl sites for hydroxylation is 1. The third-order valence-corrected chi connectivity index (χ3v) is 4.06. The van der Waals surface area contributed by atoms with Crippen molar-refractivity contribution >= 4 is 5.97 Å². The molecule has 25 heavy (non-hydrogen) atoms. The lowest BCUT2D eigenvalue weighted by Crippen LogP contribution is -2.27. The van der Waals surface area contributed by atoms with Crippen LogP contribution in [0.2, 0.25) is 0 Å². The largest absolute Gasteiger partial charge is 0.423 e. The normalized spacial score (nSPS) is 15.2. The molecule has 1 atom stereocenters. The summed E-state index contributed by atoms with van der Waals surface area (Å²) in [6.45, 7) is 3.25. The zero-order valence-electron chi connectivity index (χ0n) is 13.7. The van der Waals surface area contributed by atoms with Crippen LogP contribution < -0.4 is 4.74 Å². The first-order chi connectivity index (χ1) is 12.0. The van der Waals surface area contributed by atoms with E-state index in [0.29, 0.717) is 16.7 Å². The fraction of sp³-hybridized carbons (Fsp3) is 0.190. The van der Waals surface area contributed by atoms with Crippen LogP contribution in [-0.4, -0.2) is 5.97 Å². The maximum atomic E-state index is 14.2. The molecule has 0 amide bonds. The molecule has 2 aromatic carbocycles. The molecule has 0 N–H and O–H groups in total. The van der Waals surface area contributed by atoms with Crippen molar-refractivity contribution < 1.29 is 18.3 Å². The van der Waals surface area contributed by atoms with Crippen molar-refractivity contribution in [1.29, 1.82) is 0 Å². The van der Waals surface area contributed by atoms with Crippen LogP contribution in [0.15, 0.2) is 30.3 Å². The first kappa shape index (κ1) is 16.7. The molecular formula is C21H14F2O2. The Balaban J connectivity index is 1.93. The van der Waals surface area contributed by atoms with Gasteiger partial charge in [-0.3, -0.25) is 4.79 Å². The highest BCUT2D eigenvalue weighted by Gasteiger charge is 2.32. The summed E-state index contributed by atoms with van der Waals surface area (Å²) in [5, 5.41) is 0. The number of hydrogen-bond donors (Lipinski definition) is 0. The maximum absolute atomic E-state index is 14.2. The number of esters is 1. The van der Waals surface area contributed by atoms with Gasteiger partial charge in [0.05, 0.1) is 11.5 Å². The van der Waals surface area contributed by atoms with E-state index in [1.807, 2.05) is 0 Å². The van der Waals surface area contributed by atoms with E-state index in [0.717, 1.165) is 0 Å².